The third-order valence-electron chi connectivity index (χ3n) is 1.72. The van der Waals surface area contributed by atoms with E-state index in [2.05, 4.69) is 6.07 Å². The highest BCUT2D eigenvalue weighted by Gasteiger charge is 2.08. The van der Waals surface area contributed by atoms with Gasteiger partial charge >= 0.3 is 0 Å². The van der Waals surface area contributed by atoms with E-state index in [1.807, 2.05) is 19.1 Å². The first kappa shape index (κ1) is 8.78. The lowest BCUT2D eigenvalue weighted by Crippen LogP contribution is -2.22. The number of amides is 1. The SMILES string of the molecule is Cc1cc[c]cc1C(=O)N(C)C. The van der Waals surface area contributed by atoms with Gasteiger partial charge in [-0.05, 0) is 24.6 Å². The van der Waals surface area contributed by atoms with Crippen LogP contribution in [0.15, 0.2) is 18.2 Å². The zero-order valence-electron chi connectivity index (χ0n) is 7.59. The molecule has 0 bridgehead atoms. The van der Waals surface area contributed by atoms with Gasteiger partial charge in [0.15, 0.2) is 0 Å². The van der Waals surface area contributed by atoms with E-state index >= 15 is 0 Å². The quantitative estimate of drug-likeness (QED) is 0.612. The Labute approximate surface area is 72.8 Å². The Balaban J connectivity index is 3.03. The highest BCUT2D eigenvalue weighted by molar-refractivity contribution is 5.95. The van der Waals surface area contributed by atoms with E-state index in [1.165, 1.54) is 0 Å². The largest absolute Gasteiger partial charge is 0.345 e. The topological polar surface area (TPSA) is 20.3 Å². The van der Waals surface area contributed by atoms with Crippen molar-refractivity contribution in [2.24, 2.45) is 0 Å². The molecule has 0 spiro atoms. The lowest BCUT2D eigenvalue weighted by Gasteiger charge is -2.11. The van der Waals surface area contributed by atoms with Crippen LogP contribution in [0.5, 0.6) is 0 Å². The predicted octanol–water partition coefficient (Wildman–Crippen LogP) is 1.50. The summed E-state index contributed by atoms with van der Waals surface area (Å²) in [5.74, 6) is 0.0318. The average Bonchev–Trinajstić information content (AvgIpc) is 2.04. The summed E-state index contributed by atoms with van der Waals surface area (Å²) < 4.78 is 0. The zero-order chi connectivity index (χ0) is 9.14. The summed E-state index contributed by atoms with van der Waals surface area (Å²) in [4.78, 5) is 13.0. The second-order valence-electron chi connectivity index (χ2n) is 2.94. The number of carbonyl (C=O) groups is 1. The molecule has 0 saturated heterocycles. The van der Waals surface area contributed by atoms with E-state index in [1.54, 1.807) is 25.1 Å². The molecule has 0 aromatic heterocycles. The van der Waals surface area contributed by atoms with E-state index in [4.69, 9.17) is 0 Å². The van der Waals surface area contributed by atoms with E-state index in [-0.39, 0.29) is 5.91 Å². The van der Waals surface area contributed by atoms with Crippen LogP contribution >= 0.6 is 0 Å². The number of aryl methyl sites for hydroxylation is 1. The summed E-state index contributed by atoms with van der Waals surface area (Å²) >= 11 is 0. The number of hydrogen-bond donors (Lipinski definition) is 0. The number of carbonyl (C=O) groups excluding carboxylic acids is 1. The summed E-state index contributed by atoms with van der Waals surface area (Å²) in [6, 6.07) is 8.30. The van der Waals surface area contributed by atoms with Crippen molar-refractivity contribution in [3.8, 4) is 0 Å². The minimum Gasteiger partial charge on any atom is -0.345 e. The maximum Gasteiger partial charge on any atom is 0.253 e. The average molecular weight is 162 g/mol. The molecule has 0 aliphatic heterocycles. The fraction of sp³-hybridized carbons (Fsp3) is 0.300. The first-order valence-corrected chi connectivity index (χ1v) is 3.81. The molecule has 63 valence electrons. The van der Waals surface area contributed by atoms with Crippen LogP contribution in [0, 0.1) is 13.0 Å². The first-order valence-electron chi connectivity index (χ1n) is 3.81. The normalized spacial score (nSPS) is 9.58. The Kier molecular flexibility index (Phi) is 2.48. The summed E-state index contributed by atoms with van der Waals surface area (Å²) in [7, 11) is 3.49. The fourth-order valence-electron chi connectivity index (χ4n) is 0.979. The van der Waals surface area contributed by atoms with Crippen LogP contribution in [0.3, 0.4) is 0 Å². The summed E-state index contributed by atoms with van der Waals surface area (Å²) in [6.45, 7) is 1.92. The lowest BCUT2D eigenvalue weighted by atomic mass is 10.1. The van der Waals surface area contributed by atoms with Crippen LogP contribution in [0.2, 0.25) is 0 Å². The van der Waals surface area contributed by atoms with Gasteiger partial charge in [0.25, 0.3) is 5.91 Å². The van der Waals surface area contributed by atoms with Crippen molar-refractivity contribution in [2.75, 3.05) is 14.1 Å². The molecule has 12 heavy (non-hydrogen) atoms. The smallest absolute Gasteiger partial charge is 0.253 e. The van der Waals surface area contributed by atoms with Gasteiger partial charge in [0, 0.05) is 19.7 Å². The Hall–Kier alpha value is -1.31. The molecule has 2 heteroatoms. The van der Waals surface area contributed by atoms with Gasteiger partial charge in [0.1, 0.15) is 0 Å². The highest BCUT2D eigenvalue weighted by Crippen LogP contribution is 2.07. The Morgan fingerprint density at radius 3 is 2.67 bits per heavy atom. The molecule has 0 N–H and O–H groups in total. The highest BCUT2D eigenvalue weighted by atomic mass is 16.2. The van der Waals surface area contributed by atoms with Crippen LogP contribution < -0.4 is 0 Å². The van der Waals surface area contributed by atoms with Gasteiger partial charge in [0.05, 0.1) is 0 Å². The summed E-state index contributed by atoms with van der Waals surface area (Å²) in [6.07, 6.45) is 0. The van der Waals surface area contributed by atoms with Crippen molar-refractivity contribution in [3.63, 3.8) is 0 Å². The van der Waals surface area contributed by atoms with Crippen LogP contribution in [-0.2, 0) is 0 Å². The van der Waals surface area contributed by atoms with Crippen molar-refractivity contribution < 1.29 is 4.79 Å². The van der Waals surface area contributed by atoms with Crippen LogP contribution in [0.4, 0.5) is 0 Å². The molecule has 0 saturated carbocycles. The maximum absolute atomic E-state index is 11.5. The molecule has 1 amide bonds. The molecule has 0 unspecified atom stereocenters. The zero-order valence-corrected chi connectivity index (χ0v) is 7.59. The van der Waals surface area contributed by atoms with Gasteiger partial charge in [-0.25, -0.2) is 0 Å². The summed E-state index contributed by atoms with van der Waals surface area (Å²) in [5.41, 5.74) is 1.72. The molecule has 1 rings (SSSR count). The van der Waals surface area contributed by atoms with Gasteiger partial charge < -0.3 is 4.90 Å². The number of hydrogen-bond acceptors (Lipinski definition) is 1. The Bertz CT molecular complexity index is 292. The number of rotatable bonds is 1. The van der Waals surface area contributed by atoms with Gasteiger partial charge in [-0.1, -0.05) is 12.1 Å². The Morgan fingerprint density at radius 1 is 1.50 bits per heavy atom. The van der Waals surface area contributed by atoms with E-state index in [0.717, 1.165) is 11.1 Å². The molecule has 0 aliphatic carbocycles. The molecule has 0 atom stereocenters. The molecule has 1 aromatic carbocycles. The lowest BCUT2D eigenvalue weighted by molar-refractivity contribution is 0.0827. The van der Waals surface area contributed by atoms with E-state index in [9.17, 15) is 4.79 Å². The molecule has 2 nitrogen and oxygen atoms in total. The van der Waals surface area contributed by atoms with Gasteiger partial charge in [0.2, 0.25) is 0 Å². The summed E-state index contributed by atoms with van der Waals surface area (Å²) in [5, 5.41) is 0. The van der Waals surface area contributed by atoms with Crippen LogP contribution in [0.1, 0.15) is 15.9 Å². The molecule has 0 aliphatic rings. The van der Waals surface area contributed by atoms with Gasteiger partial charge in [-0.3, -0.25) is 4.79 Å². The standard InChI is InChI=1S/C10H12NO/c1-8-6-4-5-7-9(8)10(12)11(2)3/h4,6-7H,1-3H3. The molecular formula is C10H12NO. The third kappa shape index (κ3) is 1.64. The van der Waals surface area contributed by atoms with E-state index in [0.29, 0.717) is 0 Å². The monoisotopic (exact) mass is 162 g/mol. The molecule has 0 fully saturated rings. The third-order valence-corrected chi connectivity index (χ3v) is 1.72. The molecule has 1 aromatic rings. The van der Waals surface area contributed by atoms with Crippen molar-refractivity contribution in [1.29, 1.82) is 0 Å². The van der Waals surface area contributed by atoms with E-state index < -0.39 is 0 Å². The molecule has 1 radical (unpaired) electrons. The van der Waals surface area contributed by atoms with Crippen LogP contribution in [0.25, 0.3) is 0 Å². The maximum atomic E-state index is 11.5. The van der Waals surface area contributed by atoms with Gasteiger partial charge in [-0.15, -0.1) is 0 Å². The second-order valence-corrected chi connectivity index (χ2v) is 2.94. The number of nitrogens with zero attached hydrogens (tertiary/aromatic N) is 1. The number of benzene rings is 1. The second kappa shape index (κ2) is 3.39. The molecule has 0 heterocycles. The van der Waals surface area contributed by atoms with Crippen LogP contribution in [-0.4, -0.2) is 24.9 Å². The predicted molar refractivity (Wildman–Crippen MR) is 48.0 cm³/mol. The van der Waals surface area contributed by atoms with Crippen molar-refractivity contribution in [2.45, 2.75) is 6.92 Å². The minimum atomic E-state index is 0.0318. The Morgan fingerprint density at radius 2 is 2.17 bits per heavy atom. The fourth-order valence-corrected chi connectivity index (χ4v) is 0.979. The molecular weight excluding hydrogens is 150 g/mol. The van der Waals surface area contributed by atoms with Gasteiger partial charge in [-0.2, -0.15) is 0 Å². The first-order chi connectivity index (χ1) is 5.63. The van der Waals surface area contributed by atoms with Crippen molar-refractivity contribution >= 4 is 5.91 Å². The minimum absolute atomic E-state index is 0.0318. The van der Waals surface area contributed by atoms with Crippen molar-refractivity contribution in [3.05, 3.63) is 35.4 Å². The van der Waals surface area contributed by atoms with Crippen molar-refractivity contribution in [1.82, 2.24) is 4.90 Å².